The Bertz CT molecular complexity index is 2310. The highest BCUT2D eigenvalue weighted by molar-refractivity contribution is 7.99. The van der Waals surface area contributed by atoms with Crippen LogP contribution in [0.1, 0.15) is 10.4 Å². The van der Waals surface area contributed by atoms with Crippen molar-refractivity contribution < 1.29 is 32.0 Å². The minimum Gasteiger partial charge on any atom is -0.497 e. The van der Waals surface area contributed by atoms with Gasteiger partial charge in [0.05, 0.1) is 24.0 Å². The molecule has 0 atom stereocenters. The van der Waals surface area contributed by atoms with Crippen molar-refractivity contribution in [3.05, 3.63) is 137 Å². The number of carbonyl (C=O) groups is 1. The minimum atomic E-state index is -4.42. The summed E-state index contributed by atoms with van der Waals surface area (Å²) >= 11 is 1.58. The molecular formula is C38H32N4O8S2. The third-order valence-corrected chi connectivity index (χ3v) is 10.3. The summed E-state index contributed by atoms with van der Waals surface area (Å²) in [5, 5.41) is 14.8. The molecule has 0 saturated heterocycles. The number of oxazole rings is 1. The van der Waals surface area contributed by atoms with E-state index in [1.165, 1.54) is 24.3 Å². The molecule has 0 radical (unpaired) electrons. The third-order valence-electron chi connectivity index (χ3n) is 7.93. The molecule has 0 fully saturated rings. The van der Waals surface area contributed by atoms with Gasteiger partial charge < -0.3 is 19.2 Å². The number of carbonyl (C=O) groups excluding carboxylic acids is 1. The number of amides is 1. The van der Waals surface area contributed by atoms with Crippen LogP contribution in [0.15, 0.2) is 136 Å². The molecule has 12 nitrogen and oxygen atoms in total. The van der Waals surface area contributed by atoms with Gasteiger partial charge in [-0.15, -0.1) is 11.8 Å². The number of nitro groups is 1. The van der Waals surface area contributed by atoms with E-state index in [4.69, 9.17) is 13.9 Å². The lowest BCUT2D eigenvalue weighted by Crippen LogP contribution is -2.30. The Balaban J connectivity index is 1.09. The predicted octanol–water partition coefficient (Wildman–Crippen LogP) is 7.92. The molecule has 2 N–H and O–H groups in total. The van der Waals surface area contributed by atoms with Crippen LogP contribution in [-0.2, 0) is 10.0 Å². The Labute approximate surface area is 304 Å². The number of anilines is 1. The molecule has 264 valence electrons. The van der Waals surface area contributed by atoms with Crippen LogP contribution in [0.4, 0.5) is 11.4 Å². The Hall–Kier alpha value is -6.12. The molecule has 0 aliphatic rings. The zero-order chi connectivity index (χ0) is 36.7. The third kappa shape index (κ3) is 8.25. The molecule has 0 aliphatic heterocycles. The van der Waals surface area contributed by atoms with Crippen LogP contribution in [0.25, 0.3) is 33.8 Å². The molecule has 1 amide bonds. The fourth-order valence-corrected chi connectivity index (χ4v) is 7.04. The fraction of sp³-hybridized carbons (Fsp3) is 0.105. The molecule has 0 unspecified atom stereocenters. The fourth-order valence-electron chi connectivity index (χ4n) is 5.25. The quantitative estimate of drug-likeness (QED) is 0.0483. The number of benzene rings is 5. The van der Waals surface area contributed by atoms with Crippen molar-refractivity contribution in [3.8, 4) is 45.3 Å². The van der Waals surface area contributed by atoms with Crippen LogP contribution in [0.2, 0.25) is 0 Å². The van der Waals surface area contributed by atoms with Gasteiger partial charge >= 0.3 is 0 Å². The number of rotatable bonds is 14. The SMILES string of the molecule is COc1ccc(OC)c(-c2coc(-c3ccc(-c4ccc(C(=O)NS(=O)(=O)c5ccc(NCCSc6ccccc6)c([N+](=O)[O-])c5)cc4)cc3)n2)c1. The van der Waals surface area contributed by atoms with E-state index >= 15 is 0 Å². The van der Waals surface area contributed by atoms with Crippen molar-refractivity contribution in [2.75, 3.05) is 31.8 Å². The van der Waals surface area contributed by atoms with Gasteiger partial charge in [-0.2, -0.15) is 0 Å². The Morgan fingerprint density at radius 3 is 2.23 bits per heavy atom. The van der Waals surface area contributed by atoms with Crippen molar-refractivity contribution in [2.24, 2.45) is 0 Å². The smallest absolute Gasteiger partial charge is 0.293 e. The second kappa shape index (κ2) is 15.8. The van der Waals surface area contributed by atoms with Crippen molar-refractivity contribution in [3.63, 3.8) is 0 Å². The molecule has 1 aromatic heterocycles. The van der Waals surface area contributed by atoms with E-state index in [2.05, 4.69) is 10.3 Å². The van der Waals surface area contributed by atoms with E-state index < -0.39 is 31.4 Å². The molecule has 5 aromatic carbocycles. The summed E-state index contributed by atoms with van der Waals surface area (Å²) in [5.41, 5.74) is 3.51. The summed E-state index contributed by atoms with van der Waals surface area (Å²) < 4.78 is 44.8. The van der Waals surface area contributed by atoms with E-state index in [9.17, 15) is 23.3 Å². The van der Waals surface area contributed by atoms with Crippen molar-refractivity contribution in [2.45, 2.75) is 9.79 Å². The summed E-state index contributed by atoms with van der Waals surface area (Å²) in [7, 11) is -1.26. The topological polar surface area (TPSA) is 163 Å². The maximum Gasteiger partial charge on any atom is 0.293 e. The van der Waals surface area contributed by atoms with E-state index in [-0.39, 0.29) is 11.3 Å². The zero-order valence-corrected chi connectivity index (χ0v) is 29.6. The second-order valence-corrected chi connectivity index (χ2v) is 14.1. The van der Waals surface area contributed by atoms with Crippen LogP contribution in [0, 0.1) is 10.1 Å². The molecule has 6 aromatic rings. The first kappa shape index (κ1) is 35.7. The van der Waals surface area contributed by atoms with Gasteiger partial charge in [-0.3, -0.25) is 14.9 Å². The number of sulfonamides is 1. The van der Waals surface area contributed by atoms with Crippen LogP contribution < -0.4 is 19.5 Å². The molecule has 52 heavy (non-hydrogen) atoms. The van der Waals surface area contributed by atoms with Gasteiger partial charge in [-0.05, 0) is 77.9 Å². The zero-order valence-electron chi connectivity index (χ0n) is 27.9. The lowest BCUT2D eigenvalue weighted by Gasteiger charge is -2.11. The van der Waals surface area contributed by atoms with Gasteiger partial charge in [0.25, 0.3) is 21.6 Å². The van der Waals surface area contributed by atoms with Gasteiger partial charge in [-0.25, -0.2) is 18.1 Å². The summed E-state index contributed by atoms with van der Waals surface area (Å²) in [6.45, 7) is 0.409. The molecule has 0 spiro atoms. The monoisotopic (exact) mass is 736 g/mol. The first-order chi connectivity index (χ1) is 25.1. The number of thioether (sulfide) groups is 1. The number of nitrogens with zero attached hydrogens (tertiary/aromatic N) is 2. The van der Waals surface area contributed by atoms with Crippen LogP contribution in [0.3, 0.4) is 0 Å². The van der Waals surface area contributed by atoms with E-state index in [0.717, 1.165) is 33.2 Å². The summed E-state index contributed by atoms with van der Waals surface area (Å²) in [5.74, 6) is 1.45. The van der Waals surface area contributed by atoms with Crippen molar-refractivity contribution >= 4 is 39.1 Å². The van der Waals surface area contributed by atoms with Gasteiger partial charge in [0.2, 0.25) is 5.89 Å². The molecule has 0 saturated carbocycles. The Morgan fingerprint density at radius 2 is 1.56 bits per heavy atom. The summed E-state index contributed by atoms with van der Waals surface area (Å²) in [6.07, 6.45) is 1.55. The lowest BCUT2D eigenvalue weighted by atomic mass is 10.0. The molecule has 0 aliphatic carbocycles. The number of ether oxygens (including phenoxy) is 2. The number of nitrogens with one attached hydrogen (secondary N) is 2. The van der Waals surface area contributed by atoms with Gasteiger partial charge in [0.15, 0.2) is 0 Å². The summed E-state index contributed by atoms with van der Waals surface area (Å²) in [6, 6.07) is 32.4. The summed E-state index contributed by atoms with van der Waals surface area (Å²) in [4.78, 5) is 29.4. The lowest BCUT2D eigenvalue weighted by molar-refractivity contribution is -0.384. The maximum absolute atomic E-state index is 13.1. The molecule has 6 rings (SSSR count). The first-order valence-corrected chi connectivity index (χ1v) is 18.3. The normalized spacial score (nSPS) is 11.1. The van der Waals surface area contributed by atoms with Crippen LogP contribution in [0.5, 0.6) is 11.5 Å². The largest absolute Gasteiger partial charge is 0.497 e. The number of aromatic nitrogens is 1. The molecular weight excluding hydrogens is 705 g/mol. The van der Waals surface area contributed by atoms with E-state index in [0.29, 0.717) is 35.4 Å². The molecule has 1 heterocycles. The highest BCUT2D eigenvalue weighted by Gasteiger charge is 2.24. The van der Waals surface area contributed by atoms with Gasteiger partial charge in [0, 0.05) is 39.9 Å². The first-order valence-electron chi connectivity index (χ1n) is 15.8. The highest BCUT2D eigenvalue weighted by Crippen LogP contribution is 2.35. The second-order valence-electron chi connectivity index (χ2n) is 11.2. The number of hydrogen-bond acceptors (Lipinski definition) is 11. The van der Waals surface area contributed by atoms with Gasteiger partial charge in [0.1, 0.15) is 29.1 Å². The average molecular weight is 737 g/mol. The Kier molecular flexibility index (Phi) is 10.9. The van der Waals surface area contributed by atoms with Crippen LogP contribution in [-0.4, -0.2) is 50.7 Å². The van der Waals surface area contributed by atoms with Crippen molar-refractivity contribution in [1.29, 1.82) is 0 Å². The van der Waals surface area contributed by atoms with Crippen LogP contribution >= 0.6 is 11.8 Å². The molecule has 0 bridgehead atoms. The standard InChI is InChI=1S/C38H32N4O8S2/c1-48-29-16-19-36(49-2)32(22-29)34-24-50-38(40-34)28-14-10-26(11-15-28)25-8-12-27(13-9-25)37(43)41-52(46,47)31-17-18-33(35(23-31)42(44)45)39-20-21-51-30-6-4-3-5-7-30/h3-19,22-24,39H,20-21H2,1-2H3,(H,41,43). The Morgan fingerprint density at radius 1 is 0.865 bits per heavy atom. The maximum atomic E-state index is 13.1. The number of methoxy groups -OCH3 is 2. The van der Waals surface area contributed by atoms with E-state index in [1.807, 2.05) is 65.4 Å². The minimum absolute atomic E-state index is 0.0907. The predicted molar refractivity (Wildman–Crippen MR) is 199 cm³/mol. The van der Waals surface area contributed by atoms with E-state index in [1.54, 1.807) is 56.5 Å². The van der Waals surface area contributed by atoms with Crippen molar-refractivity contribution in [1.82, 2.24) is 9.71 Å². The molecule has 14 heteroatoms. The number of nitro benzene ring substituents is 1. The van der Waals surface area contributed by atoms with Gasteiger partial charge in [-0.1, -0.05) is 42.5 Å². The highest BCUT2D eigenvalue weighted by atomic mass is 32.2. The average Bonchev–Trinajstić information content (AvgIpc) is 3.67. The number of hydrogen-bond donors (Lipinski definition) is 2.